The summed E-state index contributed by atoms with van der Waals surface area (Å²) < 4.78 is 19.2. The van der Waals surface area contributed by atoms with E-state index in [1.165, 1.54) is 12.1 Å². The number of nitrogens with zero attached hydrogens (tertiary/aromatic N) is 1. The van der Waals surface area contributed by atoms with Crippen LogP contribution in [0.1, 0.15) is 31.7 Å². The molecule has 2 saturated heterocycles. The number of aliphatic carboxylic acids is 1. The predicted octanol–water partition coefficient (Wildman–Crippen LogP) is 2.20. The number of amides is 1. The Labute approximate surface area is 140 Å². The van der Waals surface area contributed by atoms with Crippen molar-refractivity contribution in [1.82, 2.24) is 4.90 Å². The minimum atomic E-state index is -0.871. The molecule has 2 fully saturated rings. The molecule has 1 aromatic rings. The van der Waals surface area contributed by atoms with E-state index in [-0.39, 0.29) is 17.8 Å². The van der Waals surface area contributed by atoms with E-state index in [4.69, 9.17) is 4.74 Å². The number of likely N-dealkylation sites (tertiary alicyclic amines) is 1. The molecule has 130 valence electrons. The standard InChI is InChI=1S/C18H22FNO4/c1-12-15(16(21)22)5-8-20(12)17(23)18(6-9-24-10-7-18)13-3-2-4-14(19)11-13/h2-4,11-12,15H,5-10H2,1H3,(H,21,22). The number of carbonyl (C=O) groups excluding carboxylic acids is 1. The summed E-state index contributed by atoms with van der Waals surface area (Å²) in [5.74, 6) is -1.89. The van der Waals surface area contributed by atoms with E-state index in [0.717, 1.165) is 0 Å². The molecule has 2 unspecified atom stereocenters. The molecule has 0 aromatic heterocycles. The molecule has 2 atom stereocenters. The van der Waals surface area contributed by atoms with Crippen molar-refractivity contribution < 1.29 is 23.8 Å². The Morgan fingerprint density at radius 1 is 1.33 bits per heavy atom. The number of carboxylic acid groups (broad SMARTS) is 1. The number of hydrogen-bond acceptors (Lipinski definition) is 3. The van der Waals surface area contributed by atoms with Crippen LogP contribution < -0.4 is 0 Å². The van der Waals surface area contributed by atoms with Crippen molar-refractivity contribution in [3.8, 4) is 0 Å². The quantitative estimate of drug-likeness (QED) is 0.919. The third kappa shape index (κ3) is 2.79. The molecule has 1 aromatic carbocycles. The van der Waals surface area contributed by atoms with Crippen LogP contribution in [0.15, 0.2) is 24.3 Å². The Kier molecular flexibility index (Phi) is 4.58. The summed E-state index contributed by atoms with van der Waals surface area (Å²) in [7, 11) is 0. The predicted molar refractivity (Wildman–Crippen MR) is 85.0 cm³/mol. The van der Waals surface area contributed by atoms with Crippen molar-refractivity contribution in [2.24, 2.45) is 5.92 Å². The Hall–Kier alpha value is -1.95. The lowest BCUT2D eigenvalue weighted by molar-refractivity contribution is -0.145. The molecule has 1 N–H and O–H groups in total. The molecule has 6 heteroatoms. The van der Waals surface area contributed by atoms with Crippen molar-refractivity contribution >= 4 is 11.9 Å². The minimum absolute atomic E-state index is 0.104. The Bertz CT molecular complexity index is 642. The van der Waals surface area contributed by atoms with E-state index in [2.05, 4.69) is 0 Å². The molecule has 2 heterocycles. The van der Waals surface area contributed by atoms with Gasteiger partial charge in [0.05, 0.1) is 11.3 Å². The van der Waals surface area contributed by atoms with Gasteiger partial charge in [-0.1, -0.05) is 12.1 Å². The van der Waals surface area contributed by atoms with E-state index in [9.17, 15) is 19.1 Å². The fraction of sp³-hybridized carbons (Fsp3) is 0.556. The van der Waals surface area contributed by atoms with Gasteiger partial charge in [-0.2, -0.15) is 0 Å². The Morgan fingerprint density at radius 3 is 2.62 bits per heavy atom. The lowest BCUT2D eigenvalue weighted by Crippen LogP contribution is -2.51. The molecule has 2 aliphatic rings. The molecular weight excluding hydrogens is 313 g/mol. The topological polar surface area (TPSA) is 66.8 Å². The normalized spacial score (nSPS) is 26.3. The minimum Gasteiger partial charge on any atom is -0.481 e. The highest BCUT2D eigenvalue weighted by atomic mass is 19.1. The fourth-order valence-electron chi connectivity index (χ4n) is 3.96. The SMILES string of the molecule is CC1C(C(=O)O)CCN1C(=O)C1(c2cccc(F)c2)CCOCC1. The number of hydrogen-bond donors (Lipinski definition) is 1. The first-order valence-electron chi connectivity index (χ1n) is 8.33. The van der Waals surface area contributed by atoms with Crippen LogP contribution in [0.4, 0.5) is 4.39 Å². The van der Waals surface area contributed by atoms with Gasteiger partial charge in [0, 0.05) is 25.8 Å². The van der Waals surface area contributed by atoms with E-state index in [1.54, 1.807) is 24.0 Å². The van der Waals surface area contributed by atoms with Gasteiger partial charge in [-0.05, 0) is 43.9 Å². The van der Waals surface area contributed by atoms with Gasteiger partial charge < -0.3 is 14.7 Å². The van der Waals surface area contributed by atoms with Crippen molar-refractivity contribution in [3.05, 3.63) is 35.6 Å². The van der Waals surface area contributed by atoms with E-state index >= 15 is 0 Å². The zero-order valence-corrected chi connectivity index (χ0v) is 13.7. The number of carboxylic acids is 1. The van der Waals surface area contributed by atoms with Crippen LogP contribution in [0.2, 0.25) is 0 Å². The summed E-state index contributed by atoms with van der Waals surface area (Å²) in [6.45, 7) is 3.08. The van der Waals surface area contributed by atoms with Gasteiger partial charge >= 0.3 is 5.97 Å². The van der Waals surface area contributed by atoms with Crippen molar-refractivity contribution in [2.45, 2.75) is 37.6 Å². The molecule has 0 spiro atoms. The van der Waals surface area contributed by atoms with Gasteiger partial charge in [0.2, 0.25) is 5.91 Å². The second-order valence-corrected chi connectivity index (χ2v) is 6.68. The summed E-state index contributed by atoms with van der Waals surface area (Å²) >= 11 is 0. The Morgan fingerprint density at radius 2 is 2.04 bits per heavy atom. The number of carbonyl (C=O) groups is 2. The Balaban J connectivity index is 1.95. The fourth-order valence-corrected chi connectivity index (χ4v) is 3.96. The maximum absolute atomic E-state index is 13.7. The first kappa shape index (κ1) is 16.9. The van der Waals surface area contributed by atoms with Crippen LogP contribution in [0.3, 0.4) is 0 Å². The summed E-state index contributed by atoms with van der Waals surface area (Å²) in [6, 6.07) is 5.81. The highest BCUT2D eigenvalue weighted by Crippen LogP contribution is 2.39. The van der Waals surface area contributed by atoms with E-state index in [1.807, 2.05) is 0 Å². The molecule has 24 heavy (non-hydrogen) atoms. The van der Waals surface area contributed by atoms with Crippen LogP contribution in [0.5, 0.6) is 0 Å². The van der Waals surface area contributed by atoms with Crippen molar-refractivity contribution in [1.29, 1.82) is 0 Å². The number of halogens is 1. The van der Waals surface area contributed by atoms with Gasteiger partial charge in [-0.15, -0.1) is 0 Å². The van der Waals surface area contributed by atoms with Crippen LogP contribution in [0, 0.1) is 11.7 Å². The molecule has 0 aliphatic carbocycles. The first-order chi connectivity index (χ1) is 11.5. The molecule has 5 nitrogen and oxygen atoms in total. The van der Waals surface area contributed by atoms with Gasteiger partial charge in [0.25, 0.3) is 0 Å². The molecule has 1 amide bonds. The van der Waals surface area contributed by atoms with Crippen LogP contribution in [-0.2, 0) is 19.7 Å². The van der Waals surface area contributed by atoms with E-state index < -0.39 is 17.3 Å². The lowest BCUT2D eigenvalue weighted by atomic mass is 9.72. The highest BCUT2D eigenvalue weighted by Gasteiger charge is 2.48. The molecule has 0 saturated carbocycles. The third-order valence-corrected chi connectivity index (χ3v) is 5.47. The second kappa shape index (κ2) is 6.51. The maximum atomic E-state index is 13.7. The summed E-state index contributed by atoms with van der Waals surface area (Å²) in [5.41, 5.74) is -0.177. The molecule has 2 aliphatic heterocycles. The number of benzene rings is 1. The molecule has 3 rings (SSSR count). The van der Waals surface area contributed by atoms with Crippen molar-refractivity contribution in [3.63, 3.8) is 0 Å². The summed E-state index contributed by atoms with van der Waals surface area (Å²) in [4.78, 5) is 26.4. The van der Waals surface area contributed by atoms with Crippen molar-refractivity contribution in [2.75, 3.05) is 19.8 Å². The summed E-state index contributed by atoms with van der Waals surface area (Å²) in [6.07, 6.45) is 1.42. The highest BCUT2D eigenvalue weighted by molar-refractivity contribution is 5.89. The number of rotatable bonds is 3. The summed E-state index contributed by atoms with van der Waals surface area (Å²) in [5, 5.41) is 9.30. The monoisotopic (exact) mass is 335 g/mol. The van der Waals surface area contributed by atoms with Crippen LogP contribution >= 0.6 is 0 Å². The maximum Gasteiger partial charge on any atom is 0.308 e. The van der Waals surface area contributed by atoms with Gasteiger partial charge in [0.15, 0.2) is 0 Å². The lowest BCUT2D eigenvalue weighted by Gasteiger charge is -2.40. The average molecular weight is 335 g/mol. The van der Waals surface area contributed by atoms with Crippen LogP contribution in [-0.4, -0.2) is 47.7 Å². The van der Waals surface area contributed by atoms with Crippen LogP contribution in [0.25, 0.3) is 0 Å². The van der Waals surface area contributed by atoms with Gasteiger partial charge in [0.1, 0.15) is 5.82 Å². The van der Waals surface area contributed by atoms with E-state index in [0.29, 0.717) is 44.6 Å². The second-order valence-electron chi connectivity index (χ2n) is 6.68. The molecular formula is C18H22FNO4. The zero-order chi connectivity index (χ0) is 17.3. The van der Waals surface area contributed by atoms with Gasteiger partial charge in [-0.25, -0.2) is 4.39 Å². The largest absolute Gasteiger partial charge is 0.481 e. The van der Waals surface area contributed by atoms with Gasteiger partial charge in [-0.3, -0.25) is 9.59 Å². The zero-order valence-electron chi connectivity index (χ0n) is 13.7. The molecule has 0 bridgehead atoms. The number of ether oxygens (including phenoxy) is 1. The smallest absolute Gasteiger partial charge is 0.308 e. The third-order valence-electron chi connectivity index (χ3n) is 5.47. The molecule has 0 radical (unpaired) electrons. The first-order valence-corrected chi connectivity index (χ1v) is 8.33. The average Bonchev–Trinajstić information content (AvgIpc) is 2.96.